The molecule has 0 amide bonds. The molecule has 0 fully saturated rings. The highest BCUT2D eigenvalue weighted by Gasteiger charge is 2.29. The van der Waals surface area contributed by atoms with Crippen LogP contribution in [0.25, 0.3) is 11.3 Å². The lowest BCUT2D eigenvalue weighted by Gasteiger charge is -2.07. The van der Waals surface area contributed by atoms with E-state index in [9.17, 15) is 18.5 Å². The molecule has 0 saturated carbocycles. The Morgan fingerprint density at radius 2 is 1.88 bits per heavy atom. The van der Waals surface area contributed by atoms with E-state index in [2.05, 4.69) is 9.71 Å². The highest BCUT2D eigenvalue weighted by atomic mass is 35.5. The fourth-order valence-corrected chi connectivity index (χ4v) is 3.94. The van der Waals surface area contributed by atoms with Gasteiger partial charge in [-0.15, -0.1) is 0 Å². The fourth-order valence-electron chi connectivity index (χ4n) is 2.26. The third-order valence-corrected chi connectivity index (χ3v) is 5.35. The lowest BCUT2D eigenvalue weighted by Crippen LogP contribution is -2.24. The highest BCUT2D eigenvalue weighted by Crippen LogP contribution is 2.30. The fraction of sp³-hybridized carbons (Fsp3) is 0.0625. The SMILES string of the molecule is O=[N+]([O-])c1cccc(Cl)c1S(=O)(=O)NCc1ncc(-c2ccccc2)o1. The van der Waals surface area contributed by atoms with Crippen LogP contribution in [0.4, 0.5) is 5.69 Å². The maximum absolute atomic E-state index is 12.5. The van der Waals surface area contributed by atoms with Crippen molar-refractivity contribution in [1.29, 1.82) is 0 Å². The van der Waals surface area contributed by atoms with Crippen molar-refractivity contribution in [2.75, 3.05) is 0 Å². The first-order valence-electron chi connectivity index (χ1n) is 7.31. The van der Waals surface area contributed by atoms with Crippen LogP contribution in [0.15, 0.2) is 64.0 Å². The predicted molar refractivity (Wildman–Crippen MR) is 94.1 cm³/mol. The van der Waals surface area contributed by atoms with Gasteiger partial charge in [0.15, 0.2) is 10.7 Å². The van der Waals surface area contributed by atoms with Crippen LogP contribution in [0, 0.1) is 10.1 Å². The zero-order valence-electron chi connectivity index (χ0n) is 13.1. The van der Waals surface area contributed by atoms with E-state index in [1.165, 1.54) is 18.3 Å². The molecule has 10 heteroatoms. The van der Waals surface area contributed by atoms with Crippen molar-refractivity contribution in [2.24, 2.45) is 0 Å². The lowest BCUT2D eigenvalue weighted by molar-refractivity contribution is -0.387. The summed E-state index contributed by atoms with van der Waals surface area (Å²) in [6.45, 7) is -0.280. The summed E-state index contributed by atoms with van der Waals surface area (Å²) >= 11 is 5.86. The molecule has 0 bridgehead atoms. The molecule has 3 aromatic rings. The molecule has 0 saturated heterocycles. The number of nitrogens with one attached hydrogen (secondary N) is 1. The minimum atomic E-state index is -4.24. The van der Waals surface area contributed by atoms with Crippen LogP contribution < -0.4 is 4.72 Å². The number of hydrogen-bond donors (Lipinski definition) is 1. The van der Waals surface area contributed by atoms with E-state index in [-0.39, 0.29) is 17.5 Å². The summed E-state index contributed by atoms with van der Waals surface area (Å²) in [5.74, 6) is 0.589. The zero-order chi connectivity index (χ0) is 18.7. The average Bonchev–Trinajstić information content (AvgIpc) is 3.09. The van der Waals surface area contributed by atoms with Gasteiger partial charge in [0.2, 0.25) is 15.9 Å². The Bertz CT molecular complexity index is 1050. The molecule has 2 aromatic carbocycles. The largest absolute Gasteiger partial charge is 0.439 e. The second-order valence-corrected chi connectivity index (χ2v) is 7.27. The van der Waals surface area contributed by atoms with Gasteiger partial charge in [-0.3, -0.25) is 10.1 Å². The van der Waals surface area contributed by atoms with Gasteiger partial charge >= 0.3 is 0 Å². The molecule has 0 radical (unpaired) electrons. The number of nitro groups is 1. The Morgan fingerprint density at radius 1 is 1.15 bits per heavy atom. The minimum absolute atomic E-state index is 0.113. The number of oxazole rings is 1. The standard InChI is InChI=1S/C16H12ClN3O5S/c17-12-7-4-8-13(20(21)22)16(12)26(23,24)19-10-15-18-9-14(25-15)11-5-2-1-3-6-11/h1-9,19H,10H2. The van der Waals surface area contributed by atoms with E-state index in [1.54, 1.807) is 0 Å². The number of benzene rings is 2. The van der Waals surface area contributed by atoms with Gasteiger partial charge in [-0.1, -0.05) is 48.0 Å². The monoisotopic (exact) mass is 393 g/mol. The highest BCUT2D eigenvalue weighted by molar-refractivity contribution is 7.89. The van der Waals surface area contributed by atoms with E-state index in [4.69, 9.17) is 16.0 Å². The van der Waals surface area contributed by atoms with Crippen LogP contribution in [-0.4, -0.2) is 18.3 Å². The molecular weight excluding hydrogens is 382 g/mol. The van der Waals surface area contributed by atoms with Gasteiger partial charge < -0.3 is 4.42 Å². The normalized spacial score (nSPS) is 11.4. The molecule has 1 heterocycles. The number of aromatic nitrogens is 1. The van der Waals surface area contributed by atoms with E-state index in [0.29, 0.717) is 5.76 Å². The molecule has 0 aliphatic rings. The predicted octanol–water partition coefficient (Wildman–Crippen LogP) is 3.38. The Labute approximate surface area is 153 Å². The van der Waals surface area contributed by atoms with Gasteiger partial charge in [0.05, 0.1) is 22.7 Å². The van der Waals surface area contributed by atoms with Gasteiger partial charge in [-0.05, 0) is 6.07 Å². The van der Waals surface area contributed by atoms with Crippen LogP contribution in [0.3, 0.4) is 0 Å². The second kappa shape index (κ2) is 7.24. The number of sulfonamides is 1. The van der Waals surface area contributed by atoms with Crippen molar-refractivity contribution < 1.29 is 17.8 Å². The van der Waals surface area contributed by atoms with Crippen molar-refractivity contribution in [2.45, 2.75) is 11.4 Å². The first-order chi connectivity index (χ1) is 12.4. The number of nitrogens with zero attached hydrogens (tertiary/aromatic N) is 2. The summed E-state index contributed by atoms with van der Waals surface area (Å²) in [5.41, 5.74) is 0.179. The van der Waals surface area contributed by atoms with Crippen molar-refractivity contribution >= 4 is 27.3 Å². The molecule has 1 N–H and O–H groups in total. The molecule has 0 aliphatic carbocycles. The Hall–Kier alpha value is -2.75. The van der Waals surface area contributed by atoms with Crippen LogP contribution in [-0.2, 0) is 16.6 Å². The molecule has 26 heavy (non-hydrogen) atoms. The van der Waals surface area contributed by atoms with E-state index in [1.807, 2.05) is 30.3 Å². The Kier molecular flexibility index (Phi) is 5.03. The minimum Gasteiger partial charge on any atom is -0.439 e. The zero-order valence-corrected chi connectivity index (χ0v) is 14.7. The maximum atomic E-state index is 12.5. The molecule has 3 rings (SSSR count). The molecule has 8 nitrogen and oxygen atoms in total. The molecule has 134 valence electrons. The van der Waals surface area contributed by atoms with Crippen molar-refractivity contribution in [3.63, 3.8) is 0 Å². The average molecular weight is 394 g/mol. The summed E-state index contributed by atoms with van der Waals surface area (Å²) < 4.78 is 32.6. The Morgan fingerprint density at radius 3 is 2.58 bits per heavy atom. The third-order valence-electron chi connectivity index (χ3n) is 3.44. The van der Waals surface area contributed by atoms with Gasteiger partial charge in [0.1, 0.15) is 0 Å². The summed E-state index contributed by atoms with van der Waals surface area (Å²) in [7, 11) is -4.24. The van der Waals surface area contributed by atoms with Crippen LogP contribution >= 0.6 is 11.6 Å². The van der Waals surface area contributed by atoms with Crippen molar-refractivity contribution in [3.8, 4) is 11.3 Å². The van der Waals surface area contributed by atoms with Gasteiger partial charge in [-0.25, -0.2) is 18.1 Å². The molecule has 0 atom stereocenters. The summed E-state index contributed by atoms with van der Waals surface area (Å²) in [5, 5.41) is 10.8. The van der Waals surface area contributed by atoms with Crippen molar-refractivity contribution in [3.05, 3.63) is 75.8 Å². The lowest BCUT2D eigenvalue weighted by atomic mass is 10.2. The molecule has 0 spiro atoms. The quantitative estimate of drug-likeness (QED) is 0.507. The smallest absolute Gasteiger partial charge is 0.290 e. The summed E-state index contributed by atoms with van der Waals surface area (Å²) in [6, 6.07) is 12.8. The van der Waals surface area contributed by atoms with E-state index in [0.717, 1.165) is 11.6 Å². The van der Waals surface area contributed by atoms with Crippen LogP contribution in [0.2, 0.25) is 5.02 Å². The third kappa shape index (κ3) is 3.74. The molecule has 1 aromatic heterocycles. The van der Waals surface area contributed by atoms with E-state index < -0.39 is 25.5 Å². The second-order valence-electron chi connectivity index (χ2n) is 5.15. The first-order valence-corrected chi connectivity index (χ1v) is 9.17. The van der Waals surface area contributed by atoms with Gasteiger partial charge in [0, 0.05) is 11.6 Å². The molecule has 0 aliphatic heterocycles. The van der Waals surface area contributed by atoms with Crippen molar-refractivity contribution in [1.82, 2.24) is 9.71 Å². The number of rotatable bonds is 6. The molecular formula is C16H12ClN3O5S. The van der Waals surface area contributed by atoms with Gasteiger partial charge in [-0.2, -0.15) is 0 Å². The summed E-state index contributed by atoms with van der Waals surface area (Å²) in [4.78, 5) is 13.7. The maximum Gasteiger partial charge on any atom is 0.290 e. The number of hydrogen-bond acceptors (Lipinski definition) is 6. The topological polar surface area (TPSA) is 115 Å². The molecule has 0 unspecified atom stereocenters. The van der Waals surface area contributed by atoms with Gasteiger partial charge in [0.25, 0.3) is 5.69 Å². The van der Waals surface area contributed by atoms with Crippen LogP contribution in [0.5, 0.6) is 0 Å². The number of halogens is 1. The first kappa shape index (κ1) is 18.1. The van der Waals surface area contributed by atoms with Crippen LogP contribution in [0.1, 0.15) is 5.89 Å². The summed E-state index contributed by atoms with van der Waals surface area (Å²) in [6.07, 6.45) is 1.47. The number of nitro benzene ring substituents is 1. The Balaban J connectivity index is 1.82. The van der Waals surface area contributed by atoms with E-state index >= 15 is 0 Å².